The molecule has 1 unspecified atom stereocenters. The van der Waals surface area contributed by atoms with Crippen LogP contribution in [-0.4, -0.2) is 27.1 Å². The number of ether oxygens (including phenoxy) is 1. The van der Waals surface area contributed by atoms with E-state index in [0.29, 0.717) is 35.1 Å². The second kappa shape index (κ2) is 8.37. The number of aromatic nitrogens is 3. The van der Waals surface area contributed by atoms with Crippen molar-refractivity contribution in [1.82, 2.24) is 14.5 Å². The number of benzene rings is 1. The molecule has 0 fully saturated rings. The Kier molecular flexibility index (Phi) is 5.94. The first kappa shape index (κ1) is 19.1. The van der Waals surface area contributed by atoms with E-state index in [1.807, 2.05) is 28.8 Å². The molecule has 0 radical (unpaired) electrons. The molecule has 2 heterocycles. The highest BCUT2D eigenvalue weighted by Crippen LogP contribution is 2.30. The second-order valence-electron chi connectivity index (χ2n) is 6.89. The summed E-state index contributed by atoms with van der Waals surface area (Å²) in [5.74, 6) is 0.435. The summed E-state index contributed by atoms with van der Waals surface area (Å²) in [5.41, 5.74) is 9.47. The molecule has 0 saturated carbocycles. The fraction of sp³-hybridized carbons (Fsp3) is 0.476. The lowest BCUT2D eigenvalue weighted by Gasteiger charge is -2.17. The van der Waals surface area contributed by atoms with Crippen LogP contribution in [0.5, 0.6) is 0 Å². The van der Waals surface area contributed by atoms with Gasteiger partial charge in [-0.2, -0.15) is 0 Å². The van der Waals surface area contributed by atoms with Crippen molar-refractivity contribution in [3.8, 4) is 0 Å². The number of esters is 1. The molecule has 0 amide bonds. The Morgan fingerprint density at radius 3 is 2.52 bits per heavy atom. The van der Waals surface area contributed by atoms with Crippen LogP contribution >= 0.6 is 0 Å². The molecule has 0 saturated heterocycles. The number of para-hydroxylation sites is 2. The van der Waals surface area contributed by atoms with Crippen molar-refractivity contribution in [1.29, 1.82) is 0 Å². The van der Waals surface area contributed by atoms with Gasteiger partial charge in [0, 0.05) is 6.54 Å². The number of nitrogens with two attached hydrogens (primary N) is 1. The minimum Gasteiger partial charge on any atom is -0.462 e. The summed E-state index contributed by atoms with van der Waals surface area (Å²) in [5, 5.41) is 0. The van der Waals surface area contributed by atoms with Crippen LogP contribution in [0, 0.1) is 5.92 Å². The number of rotatable bonds is 8. The van der Waals surface area contributed by atoms with Gasteiger partial charge >= 0.3 is 5.97 Å². The van der Waals surface area contributed by atoms with Gasteiger partial charge in [-0.15, -0.1) is 0 Å². The van der Waals surface area contributed by atoms with E-state index in [4.69, 9.17) is 20.4 Å². The Labute approximate surface area is 159 Å². The maximum Gasteiger partial charge on any atom is 0.344 e. The molecule has 1 atom stereocenters. The van der Waals surface area contributed by atoms with E-state index < -0.39 is 5.97 Å². The molecule has 2 aromatic heterocycles. The first-order valence-corrected chi connectivity index (χ1v) is 9.82. The molecule has 6 heteroatoms. The second-order valence-corrected chi connectivity index (χ2v) is 6.89. The van der Waals surface area contributed by atoms with Gasteiger partial charge in [-0.3, -0.25) is 0 Å². The summed E-state index contributed by atoms with van der Waals surface area (Å²) < 4.78 is 7.19. The Morgan fingerprint density at radius 2 is 1.89 bits per heavy atom. The largest absolute Gasteiger partial charge is 0.462 e. The monoisotopic (exact) mass is 368 g/mol. The average molecular weight is 368 g/mol. The van der Waals surface area contributed by atoms with E-state index in [1.54, 1.807) is 6.92 Å². The normalized spacial score (nSPS) is 12.6. The molecule has 0 aliphatic rings. The Morgan fingerprint density at radius 1 is 1.19 bits per heavy atom. The third-order valence-corrected chi connectivity index (χ3v) is 5.06. The van der Waals surface area contributed by atoms with Gasteiger partial charge in [0.15, 0.2) is 5.65 Å². The molecule has 6 nitrogen and oxygen atoms in total. The lowest BCUT2D eigenvalue weighted by Crippen LogP contribution is -2.14. The predicted octanol–water partition coefficient (Wildman–Crippen LogP) is 4.56. The molecule has 0 spiro atoms. The molecular formula is C21H28N4O2. The highest BCUT2D eigenvalue weighted by molar-refractivity contribution is 6.08. The van der Waals surface area contributed by atoms with Crippen LogP contribution in [0.25, 0.3) is 22.2 Å². The van der Waals surface area contributed by atoms with Gasteiger partial charge in [-0.1, -0.05) is 45.2 Å². The van der Waals surface area contributed by atoms with Gasteiger partial charge in [0.1, 0.15) is 16.9 Å². The predicted molar refractivity (Wildman–Crippen MR) is 109 cm³/mol. The van der Waals surface area contributed by atoms with E-state index in [2.05, 4.69) is 13.8 Å². The van der Waals surface area contributed by atoms with Gasteiger partial charge in [-0.05, 0) is 31.4 Å². The van der Waals surface area contributed by atoms with Crippen molar-refractivity contribution in [3.63, 3.8) is 0 Å². The SMILES string of the molecule is CCCCC(CC)Cn1c(N)c(C(=O)OCC)c2nc3ccccc3nc21. The van der Waals surface area contributed by atoms with Crippen molar-refractivity contribution in [2.75, 3.05) is 12.3 Å². The number of nitrogens with zero attached hydrogens (tertiary/aromatic N) is 3. The molecule has 27 heavy (non-hydrogen) atoms. The molecule has 1 aromatic carbocycles. The fourth-order valence-electron chi connectivity index (χ4n) is 3.48. The summed E-state index contributed by atoms with van der Waals surface area (Å²) >= 11 is 0. The topological polar surface area (TPSA) is 83.0 Å². The smallest absolute Gasteiger partial charge is 0.344 e. The van der Waals surface area contributed by atoms with Crippen LogP contribution in [0.4, 0.5) is 5.82 Å². The van der Waals surface area contributed by atoms with E-state index >= 15 is 0 Å². The maximum absolute atomic E-state index is 12.6. The zero-order chi connectivity index (χ0) is 19.4. The molecule has 3 aromatic rings. The summed E-state index contributed by atoms with van der Waals surface area (Å²) in [6.07, 6.45) is 4.52. The van der Waals surface area contributed by atoms with Crippen molar-refractivity contribution in [3.05, 3.63) is 29.8 Å². The van der Waals surface area contributed by atoms with E-state index in [1.165, 1.54) is 6.42 Å². The average Bonchev–Trinajstić information content (AvgIpc) is 2.94. The first-order valence-electron chi connectivity index (χ1n) is 9.82. The number of carbonyl (C=O) groups excluding carboxylic acids is 1. The minimum atomic E-state index is -0.440. The Hall–Kier alpha value is -2.63. The molecular weight excluding hydrogens is 340 g/mol. The highest BCUT2D eigenvalue weighted by atomic mass is 16.5. The van der Waals surface area contributed by atoms with Crippen molar-refractivity contribution in [2.24, 2.45) is 5.92 Å². The van der Waals surface area contributed by atoms with E-state index in [-0.39, 0.29) is 0 Å². The third-order valence-electron chi connectivity index (χ3n) is 5.06. The lowest BCUT2D eigenvalue weighted by atomic mass is 9.99. The Bertz CT molecular complexity index is 948. The van der Waals surface area contributed by atoms with Crippen LogP contribution in [0.1, 0.15) is 56.8 Å². The molecule has 2 N–H and O–H groups in total. The summed E-state index contributed by atoms with van der Waals surface area (Å²) in [6.45, 7) is 7.19. The minimum absolute atomic E-state index is 0.292. The number of anilines is 1. The summed E-state index contributed by atoms with van der Waals surface area (Å²) in [6, 6.07) is 7.65. The summed E-state index contributed by atoms with van der Waals surface area (Å²) in [7, 11) is 0. The number of fused-ring (bicyclic) bond motifs is 2. The number of unbranched alkanes of at least 4 members (excludes halogenated alkanes) is 1. The Balaban J connectivity index is 2.17. The lowest BCUT2D eigenvalue weighted by molar-refractivity contribution is 0.0529. The van der Waals surface area contributed by atoms with Crippen LogP contribution < -0.4 is 5.73 Å². The van der Waals surface area contributed by atoms with Gasteiger partial charge in [0.05, 0.1) is 17.6 Å². The van der Waals surface area contributed by atoms with E-state index in [9.17, 15) is 4.79 Å². The maximum atomic E-state index is 12.6. The number of carbonyl (C=O) groups is 1. The fourth-order valence-corrected chi connectivity index (χ4v) is 3.48. The first-order chi connectivity index (χ1) is 13.1. The number of hydrogen-bond acceptors (Lipinski definition) is 5. The van der Waals surface area contributed by atoms with Crippen molar-refractivity contribution in [2.45, 2.75) is 53.0 Å². The van der Waals surface area contributed by atoms with E-state index in [0.717, 1.165) is 36.8 Å². The molecule has 0 aliphatic carbocycles. The number of nitrogen functional groups attached to an aromatic ring is 1. The third kappa shape index (κ3) is 3.75. The quantitative estimate of drug-likeness (QED) is 0.589. The molecule has 0 aliphatic heterocycles. The molecule has 144 valence electrons. The zero-order valence-electron chi connectivity index (χ0n) is 16.4. The number of hydrogen-bond donors (Lipinski definition) is 1. The van der Waals surface area contributed by atoms with Crippen molar-refractivity contribution < 1.29 is 9.53 Å². The van der Waals surface area contributed by atoms with Gasteiger partial charge in [0.25, 0.3) is 0 Å². The van der Waals surface area contributed by atoms with Crippen LogP contribution in [0.3, 0.4) is 0 Å². The van der Waals surface area contributed by atoms with Crippen molar-refractivity contribution >= 4 is 34.0 Å². The standard InChI is InChI=1S/C21H28N4O2/c1-4-7-10-14(5-2)13-25-19(22)17(21(26)27-6-3)18-20(25)24-16-12-9-8-11-15(16)23-18/h8-9,11-12,14H,4-7,10,13,22H2,1-3H3. The molecule has 0 bridgehead atoms. The molecule has 3 rings (SSSR count). The van der Waals surface area contributed by atoms with Crippen LogP contribution in [-0.2, 0) is 11.3 Å². The van der Waals surface area contributed by atoms with Crippen LogP contribution in [0.15, 0.2) is 24.3 Å². The highest BCUT2D eigenvalue weighted by Gasteiger charge is 2.25. The van der Waals surface area contributed by atoms with Crippen LogP contribution in [0.2, 0.25) is 0 Å². The van der Waals surface area contributed by atoms with Gasteiger partial charge < -0.3 is 15.0 Å². The van der Waals surface area contributed by atoms with Gasteiger partial charge in [-0.25, -0.2) is 14.8 Å². The van der Waals surface area contributed by atoms with Gasteiger partial charge in [0.2, 0.25) is 0 Å². The zero-order valence-corrected chi connectivity index (χ0v) is 16.4. The summed E-state index contributed by atoms with van der Waals surface area (Å²) in [4.78, 5) is 22.0.